The fourth-order valence-corrected chi connectivity index (χ4v) is 2.93. The van der Waals surface area contributed by atoms with Gasteiger partial charge in [-0.15, -0.1) is 0 Å². The lowest BCUT2D eigenvalue weighted by Crippen LogP contribution is -2.20. The number of H-pyrrole nitrogens is 2. The molecule has 2 aromatic carbocycles. The number of hydrogen-bond acceptors (Lipinski definition) is 6. The second kappa shape index (κ2) is 6.41. The summed E-state index contributed by atoms with van der Waals surface area (Å²) in [5, 5.41) is 20.5. The number of imidazole rings is 1. The Kier molecular flexibility index (Phi) is 4.08. The summed E-state index contributed by atoms with van der Waals surface area (Å²) in [6.45, 7) is 0. The molecule has 8 nitrogen and oxygen atoms in total. The summed E-state index contributed by atoms with van der Waals surface area (Å²) in [4.78, 5) is 19.4. The first-order chi connectivity index (χ1) is 12.5. The predicted molar refractivity (Wildman–Crippen MR) is 99.1 cm³/mol. The summed E-state index contributed by atoms with van der Waals surface area (Å²) in [5.74, 6) is 0.369. The van der Waals surface area contributed by atoms with Gasteiger partial charge in [0.05, 0.1) is 22.1 Å². The second-order valence-corrected chi connectivity index (χ2v) is 6.08. The summed E-state index contributed by atoms with van der Waals surface area (Å²) < 4.78 is 4.74. The monoisotopic (exact) mass is 371 g/mol. The molecule has 0 amide bonds. The molecule has 4 N–H and O–H groups in total. The van der Waals surface area contributed by atoms with Gasteiger partial charge in [0, 0.05) is 23.1 Å². The molecule has 0 saturated carbocycles. The van der Waals surface area contributed by atoms with Gasteiger partial charge in [0.2, 0.25) is 12.4 Å². The molecule has 0 aliphatic carbocycles. The number of aromatic amines is 2. The van der Waals surface area contributed by atoms with Crippen LogP contribution < -0.4 is 10.9 Å². The maximum atomic E-state index is 12.0. The van der Waals surface area contributed by atoms with Crippen molar-refractivity contribution in [1.82, 2.24) is 20.2 Å². The number of ether oxygens (including phenoxy) is 1. The van der Waals surface area contributed by atoms with Crippen molar-refractivity contribution in [2.24, 2.45) is 0 Å². The molecule has 2 aromatic heterocycles. The van der Waals surface area contributed by atoms with E-state index < -0.39 is 6.41 Å². The predicted octanol–water partition coefficient (Wildman–Crippen LogP) is 2.45. The Morgan fingerprint density at radius 1 is 1.23 bits per heavy atom. The Morgan fingerprint density at radius 2 is 2.08 bits per heavy atom. The largest absolute Gasteiger partial charge is 0.351 e. The standard InChI is InChI=1S/C17H14ClN5O3/c1-26-17(25)21-16-19-12-5-2-8(6-13(12)20-16)14-11-7-9(18)3-4-10(11)15(24)23-22-14/h2-7,17,25H,1H3,(H,23,24)(H2,19,20,21). The zero-order chi connectivity index (χ0) is 18.3. The van der Waals surface area contributed by atoms with Crippen LogP contribution in [-0.2, 0) is 4.74 Å². The molecule has 1 atom stereocenters. The quantitative estimate of drug-likeness (QED) is 0.409. The van der Waals surface area contributed by atoms with Crippen LogP contribution in [0.25, 0.3) is 33.1 Å². The van der Waals surface area contributed by atoms with Crippen molar-refractivity contribution >= 4 is 39.4 Å². The Morgan fingerprint density at radius 3 is 2.88 bits per heavy atom. The fraction of sp³-hybridized carbons (Fsp3) is 0.118. The van der Waals surface area contributed by atoms with Crippen molar-refractivity contribution in [1.29, 1.82) is 0 Å². The molecule has 0 spiro atoms. The molecule has 0 bridgehead atoms. The van der Waals surface area contributed by atoms with E-state index >= 15 is 0 Å². The smallest absolute Gasteiger partial charge is 0.272 e. The van der Waals surface area contributed by atoms with E-state index in [-0.39, 0.29) is 5.56 Å². The number of nitrogens with one attached hydrogen (secondary N) is 3. The molecule has 9 heteroatoms. The first-order valence-electron chi connectivity index (χ1n) is 7.70. The number of halogens is 1. The lowest BCUT2D eigenvalue weighted by atomic mass is 10.0. The Labute approximate surface area is 151 Å². The number of fused-ring (bicyclic) bond motifs is 2. The summed E-state index contributed by atoms with van der Waals surface area (Å²) >= 11 is 6.09. The molecule has 0 aliphatic rings. The van der Waals surface area contributed by atoms with Gasteiger partial charge < -0.3 is 20.1 Å². The molecule has 1 unspecified atom stereocenters. The Hall–Kier alpha value is -2.94. The van der Waals surface area contributed by atoms with Crippen LogP contribution in [0.3, 0.4) is 0 Å². The normalized spacial score (nSPS) is 12.6. The summed E-state index contributed by atoms with van der Waals surface area (Å²) in [5.41, 5.74) is 2.52. The highest BCUT2D eigenvalue weighted by Crippen LogP contribution is 2.29. The topological polar surface area (TPSA) is 116 Å². The van der Waals surface area contributed by atoms with E-state index in [1.165, 1.54) is 7.11 Å². The highest BCUT2D eigenvalue weighted by Gasteiger charge is 2.12. The van der Waals surface area contributed by atoms with E-state index in [2.05, 4.69) is 25.5 Å². The molecular weight excluding hydrogens is 358 g/mol. The maximum absolute atomic E-state index is 12.0. The third-order valence-electron chi connectivity index (χ3n) is 3.99. The minimum Gasteiger partial charge on any atom is -0.351 e. The SMILES string of the molecule is COC(O)Nc1nc2cc(-c3n[nH]c(=O)c4ccc(Cl)cc34)ccc2[nH]1. The van der Waals surface area contributed by atoms with Crippen LogP contribution in [0.4, 0.5) is 5.95 Å². The molecule has 4 rings (SSSR count). The molecule has 4 aromatic rings. The fourth-order valence-electron chi connectivity index (χ4n) is 2.75. The first kappa shape index (κ1) is 16.5. The van der Waals surface area contributed by atoms with Crippen molar-refractivity contribution in [3.05, 3.63) is 51.8 Å². The lowest BCUT2D eigenvalue weighted by Gasteiger charge is -2.07. The molecule has 132 valence electrons. The van der Waals surface area contributed by atoms with E-state index in [1.54, 1.807) is 18.2 Å². The number of aliphatic hydroxyl groups is 1. The number of hydrogen-bond donors (Lipinski definition) is 4. The molecule has 0 fully saturated rings. The van der Waals surface area contributed by atoms with Gasteiger partial charge >= 0.3 is 0 Å². The molecule has 0 radical (unpaired) electrons. The van der Waals surface area contributed by atoms with Crippen LogP contribution >= 0.6 is 11.6 Å². The number of nitrogens with zero attached hydrogens (tertiary/aromatic N) is 2. The number of benzene rings is 2. The summed E-state index contributed by atoms with van der Waals surface area (Å²) in [7, 11) is 1.37. The number of methoxy groups -OCH3 is 1. The molecule has 0 saturated heterocycles. The molecule has 2 heterocycles. The number of rotatable bonds is 4. The highest BCUT2D eigenvalue weighted by atomic mass is 35.5. The van der Waals surface area contributed by atoms with Gasteiger partial charge in [0.1, 0.15) is 0 Å². The number of aromatic nitrogens is 4. The zero-order valence-electron chi connectivity index (χ0n) is 13.6. The Bertz CT molecular complexity index is 1170. The van der Waals surface area contributed by atoms with Crippen LogP contribution in [-0.4, -0.2) is 38.8 Å². The van der Waals surface area contributed by atoms with E-state index in [1.807, 2.05) is 18.2 Å². The van der Waals surface area contributed by atoms with Gasteiger partial charge in [-0.05, 0) is 30.3 Å². The highest BCUT2D eigenvalue weighted by molar-refractivity contribution is 6.31. The van der Waals surface area contributed by atoms with Crippen LogP contribution in [0.2, 0.25) is 5.02 Å². The first-order valence-corrected chi connectivity index (χ1v) is 8.08. The van der Waals surface area contributed by atoms with Gasteiger partial charge in [0.25, 0.3) is 5.56 Å². The average Bonchev–Trinajstić information content (AvgIpc) is 3.03. The third-order valence-corrected chi connectivity index (χ3v) is 4.23. The van der Waals surface area contributed by atoms with Crippen LogP contribution in [0.5, 0.6) is 0 Å². The number of aliphatic hydroxyl groups excluding tert-OH is 1. The van der Waals surface area contributed by atoms with Crippen LogP contribution in [0.15, 0.2) is 41.2 Å². The van der Waals surface area contributed by atoms with E-state index in [0.29, 0.717) is 33.0 Å². The number of anilines is 1. The van der Waals surface area contributed by atoms with Crippen molar-refractivity contribution in [2.75, 3.05) is 12.4 Å². The zero-order valence-corrected chi connectivity index (χ0v) is 14.3. The molecule has 0 aliphatic heterocycles. The van der Waals surface area contributed by atoms with Crippen LogP contribution in [0.1, 0.15) is 0 Å². The van der Waals surface area contributed by atoms with Crippen molar-refractivity contribution in [3.63, 3.8) is 0 Å². The van der Waals surface area contributed by atoms with Gasteiger partial charge in [-0.25, -0.2) is 10.1 Å². The van der Waals surface area contributed by atoms with E-state index in [0.717, 1.165) is 11.1 Å². The minimum absolute atomic E-state index is 0.277. The minimum atomic E-state index is -1.16. The van der Waals surface area contributed by atoms with Crippen molar-refractivity contribution in [3.8, 4) is 11.3 Å². The lowest BCUT2D eigenvalue weighted by molar-refractivity contribution is -0.0514. The van der Waals surface area contributed by atoms with Gasteiger partial charge in [0.15, 0.2) is 0 Å². The summed E-state index contributed by atoms with van der Waals surface area (Å²) in [6, 6.07) is 10.6. The van der Waals surface area contributed by atoms with E-state index in [9.17, 15) is 9.90 Å². The molecule has 26 heavy (non-hydrogen) atoms. The van der Waals surface area contributed by atoms with Gasteiger partial charge in [-0.3, -0.25) is 4.79 Å². The molecular formula is C17H14ClN5O3. The van der Waals surface area contributed by atoms with E-state index in [4.69, 9.17) is 16.3 Å². The average molecular weight is 372 g/mol. The second-order valence-electron chi connectivity index (χ2n) is 5.64. The van der Waals surface area contributed by atoms with Crippen molar-refractivity contribution in [2.45, 2.75) is 6.41 Å². The van der Waals surface area contributed by atoms with Crippen molar-refractivity contribution < 1.29 is 9.84 Å². The van der Waals surface area contributed by atoms with Crippen LogP contribution in [0, 0.1) is 0 Å². The summed E-state index contributed by atoms with van der Waals surface area (Å²) in [6.07, 6.45) is -1.16. The third kappa shape index (κ3) is 2.90. The Balaban J connectivity index is 1.84. The van der Waals surface area contributed by atoms with Gasteiger partial charge in [-0.2, -0.15) is 5.10 Å². The maximum Gasteiger partial charge on any atom is 0.272 e. The van der Waals surface area contributed by atoms with Gasteiger partial charge in [-0.1, -0.05) is 17.7 Å².